The van der Waals surface area contributed by atoms with Crippen LogP contribution in [0.1, 0.15) is 12.0 Å². The van der Waals surface area contributed by atoms with Crippen LogP contribution in [-0.4, -0.2) is 19.0 Å². The van der Waals surface area contributed by atoms with Gasteiger partial charge in [-0.3, -0.25) is 4.79 Å². The molecule has 2 rings (SSSR count). The van der Waals surface area contributed by atoms with Crippen LogP contribution in [0.5, 0.6) is 0 Å². The first-order chi connectivity index (χ1) is 7.74. The lowest BCUT2D eigenvalue weighted by Gasteiger charge is -2.26. The zero-order chi connectivity index (χ0) is 11.4. The Kier molecular flexibility index (Phi) is 3.51. The van der Waals surface area contributed by atoms with Crippen LogP contribution in [0.25, 0.3) is 0 Å². The number of amides is 1. The van der Waals surface area contributed by atoms with Crippen LogP contribution in [-0.2, 0) is 11.3 Å². The average molecular weight is 222 g/mol. The third kappa shape index (κ3) is 3.03. The van der Waals surface area contributed by atoms with Crippen molar-refractivity contribution in [2.75, 3.05) is 13.1 Å². The summed E-state index contributed by atoms with van der Waals surface area (Å²) in [7, 11) is 0. The fourth-order valence-corrected chi connectivity index (χ4v) is 1.67. The highest BCUT2D eigenvalue weighted by atomic mass is 19.1. The van der Waals surface area contributed by atoms with E-state index in [1.165, 1.54) is 12.1 Å². The monoisotopic (exact) mass is 222 g/mol. The number of carbonyl (C=O) groups excluding carboxylic acids is 1. The maximum Gasteiger partial charge on any atom is 0.220 e. The number of hydrogen-bond acceptors (Lipinski definition) is 2. The van der Waals surface area contributed by atoms with E-state index in [0.29, 0.717) is 18.9 Å². The van der Waals surface area contributed by atoms with E-state index < -0.39 is 0 Å². The van der Waals surface area contributed by atoms with Crippen molar-refractivity contribution in [1.82, 2.24) is 10.6 Å². The molecule has 1 aliphatic rings. The molecule has 1 aromatic rings. The van der Waals surface area contributed by atoms with Crippen LogP contribution in [0, 0.1) is 11.7 Å². The Bertz CT molecular complexity index is 377. The smallest absolute Gasteiger partial charge is 0.220 e. The van der Waals surface area contributed by atoms with Gasteiger partial charge in [0.1, 0.15) is 5.82 Å². The molecule has 0 radical (unpaired) electrons. The topological polar surface area (TPSA) is 41.1 Å². The number of halogens is 1. The van der Waals surface area contributed by atoms with E-state index in [4.69, 9.17) is 0 Å². The standard InChI is InChI=1S/C12H15FN2O/c13-11-3-1-2-9(4-11)8-15-12(16)5-10-6-14-7-10/h1-4,10,14H,5-8H2,(H,15,16). The molecular formula is C12H15FN2O. The Morgan fingerprint density at radius 3 is 2.94 bits per heavy atom. The summed E-state index contributed by atoms with van der Waals surface area (Å²) in [6.07, 6.45) is 0.558. The first-order valence-corrected chi connectivity index (χ1v) is 5.46. The first-order valence-electron chi connectivity index (χ1n) is 5.46. The van der Waals surface area contributed by atoms with Gasteiger partial charge in [-0.05, 0) is 36.7 Å². The largest absolute Gasteiger partial charge is 0.352 e. The minimum Gasteiger partial charge on any atom is -0.352 e. The van der Waals surface area contributed by atoms with Crippen LogP contribution in [0.2, 0.25) is 0 Å². The van der Waals surface area contributed by atoms with E-state index in [1.54, 1.807) is 12.1 Å². The molecule has 1 fully saturated rings. The van der Waals surface area contributed by atoms with E-state index in [9.17, 15) is 9.18 Å². The zero-order valence-corrected chi connectivity index (χ0v) is 9.00. The highest BCUT2D eigenvalue weighted by Gasteiger charge is 2.19. The van der Waals surface area contributed by atoms with E-state index in [2.05, 4.69) is 10.6 Å². The maximum absolute atomic E-state index is 12.8. The van der Waals surface area contributed by atoms with Crippen molar-refractivity contribution in [3.63, 3.8) is 0 Å². The quantitative estimate of drug-likeness (QED) is 0.799. The van der Waals surface area contributed by atoms with Gasteiger partial charge < -0.3 is 10.6 Å². The summed E-state index contributed by atoms with van der Waals surface area (Å²) in [5.41, 5.74) is 0.792. The van der Waals surface area contributed by atoms with Crippen molar-refractivity contribution < 1.29 is 9.18 Å². The Balaban J connectivity index is 1.75. The molecule has 16 heavy (non-hydrogen) atoms. The van der Waals surface area contributed by atoms with Crippen LogP contribution in [0.15, 0.2) is 24.3 Å². The summed E-state index contributed by atoms with van der Waals surface area (Å²) in [6.45, 7) is 2.25. The Morgan fingerprint density at radius 2 is 2.31 bits per heavy atom. The van der Waals surface area contributed by atoms with Gasteiger partial charge in [0, 0.05) is 13.0 Å². The summed E-state index contributed by atoms with van der Waals surface area (Å²) < 4.78 is 12.8. The second-order valence-corrected chi connectivity index (χ2v) is 4.14. The Morgan fingerprint density at radius 1 is 1.50 bits per heavy atom. The molecular weight excluding hydrogens is 207 g/mol. The second kappa shape index (κ2) is 5.07. The van der Waals surface area contributed by atoms with Crippen molar-refractivity contribution in [3.8, 4) is 0 Å². The molecule has 1 saturated heterocycles. The third-order valence-corrected chi connectivity index (χ3v) is 2.72. The fourth-order valence-electron chi connectivity index (χ4n) is 1.67. The molecule has 1 aromatic carbocycles. The molecule has 0 atom stereocenters. The SMILES string of the molecule is O=C(CC1CNC1)NCc1cccc(F)c1. The number of nitrogens with one attached hydrogen (secondary N) is 2. The average Bonchev–Trinajstić information content (AvgIpc) is 2.21. The van der Waals surface area contributed by atoms with Gasteiger partial charge in [-0.1, -0.05) is 12.1 Å². The van der Waals surface area contributed by atoms with Gasteiger partial charge in [0.2, 0.25) is 5.91 Å². The summed E-state index contributed by atoms with van der Waals surface area (Å²) >= 11 is 0. The van der Waals surface area contributed by atoms with Crippen molar-refractivity contribution in [2.24, 2.45) is 5.92 Å². The van der Waals surface area contributed by atoms with Gasteiger partial charge in [0.25, 0.3) is 0 Å². The highest BCUT2D eigenvalue weighted by molar-refractivity contribution is 5.76. The van der Waals surface area contributed by atoms with Gasteiger partial charge in [0.05, 0.1) is 0 Å². The third-order valence-electron chi connectivity index (χ3n) is 2.72. The van der Waals surface area contributed by atoms with Gasteiger partial charge in [-0.15, -0.1) is 0 Å². The molecule has 1 heterocycles. The minimum absolute atomic E-state index is 0.0377. The van der Waals surface area contributed by atoms with Crippen LogP contribution < -0.4 is 10.6 Å². The van der Waals surface area contributed by atoms with E-state index in [0.717, 1.165) is 18.7 Å². The Hall–Kier alpha value is -1.42. The molecule has 0 aliphatic carbocycles. The number of hydrogen-bond donors (Lipinski definition) is 2. The van der Waals surface area contributed by atoms with Gasteiger partial charge >= 0.3 is 0 Å². The highest BCUT2D eigenvalue weighted by Crippen LogP contribution is 2.08. The molecule has 0 saturated carbocycles. The normalized spacial score (nSPS) is 15.6. The van der Waals surface area contributed by atoms with E-state index in [-0.39, 0.29) is 11.7 Å². The molecule has 0 bridgehead atoms. The summed E-state index contributed by atoms with van der Waals surface area (Å²) in [5, 5.41) is 5.91. The molecule has 1 amide bonds. The second-order valence-electron chi connectivity index (χ2n) is 4.14. The zero-order valence-electron chi connectivity index (χ0n) is 9.00. The first kappa shape index (κ1) is 11.1. The van der Waals surface area contributed by atoms with Crippen LogP contribution >= 0.6 is 0 Å². The van der Waals surface area contributed by atoms with Gasteiger partial charge in [0.15, 0.2) is 0 Å². The molecule has 0 unspecified atom stereocenters. The van der Waals surface area contributed by atoms with Crippen molar-refractivity contribution in [2.45, 2.75) is 13.0 Å². The molecule has 1 aliphatic heterocycles. The molecule has 3 nitrogen and oxygen atoms in total. The maximum atomic E-state index is 12.8. The number of benzene rings is 1. The lowest BCUT2D eigenvalue weighted by atomic mass is 9.99. The van der Waals surface area contributed by atoms with Crippen molar-refractivity contribution in [3.05, 3.63) is 35.6 Å². The predicted octanol–water partition coefficient (Wildman–Crippen LogP) is 1.05. The lowest BCUT2D eigenvalue weighted by molar-refractivity contribution is -0.122. The number of carbonyl (C=O) groups is 1. The lowest BCUT2D eigenvalue weighted by Crippen LogP contribution is -2.44. The summed E-state index contributed by atoms with van der Waals surface area (Å²) in [6, 6.07) is 6.28. The molecule has 0 aromatic heterocycles. The number of rotatable bonds is 4. The molecule has 86 valence electrons. The van der Waals surface area contributed by atoms with Crippen molar-refractivity contribution in [1.29, 1.82) is 0 Å². The minimum atomic E-state index is -0.269. The fraction of sp³-hybridized carbons (Fsp3) is 0.417. The Labute approximate surface area is 94.0 Å². The summed E-state index contributed by atoms with van der Waals surface area (Å²) in [4.78, 5) is 11.5. The molecule has 2 N–H and O–H groups in total. The van der Waals surface area contributed by atoms with E-state index in [1.807, 2.05) is 0 Å². The molecule has 0 spiro atoms. The molecule has 4 heteroatoms. The van der Waals surface area contributed by atoms with Gasteiger partial charge in [-0.25, -0.2) is 4.39 Å². The van der Waals surface area contributed by atoms with Crippen LogP contribution in [0.4, 0.5) is 4.39 Å². The predicted molar refractivity (Wildman–Crippen MR) is 59.2 cm³/mol. The van der Waals surface area contributed by atoms with E-state index >= 15 is 0 Å². The summed E-state index contributed by atoms with van der Waals surface area (Å²) in [5.74, 6) is 0.234. The van der Waals surface area contributed by atoms with Gasteiger partial charge in [-0.2, -0.15) is 0 Å². The van der Waals surface area contributed by atoms with Crippen molar-refractivity contribution >= 4 is 5.91 Å². The van der Waals surface area contributed by atoms with Crippen LogP contribution in [0.3, 0.4) is 0 Å².